The highest BCUT2D eigenvalue weighted by molar-refractivity contribution is 6.28. The van der Waals surface area contributed by atoms with E-state index in [1.165, 1.54) is 0 Å². The summed E-state index contributed by atoms with van der Waals surface area (Å²) >= 11 is 5.69. The smallest absolute Gasteiger partial charge is 0.224 e. The van der Waals surface area contributed by atoms with Crippen LogP contribution in [-0.4, -0.2) is 9.97 Å². The van der Waals surface area contributed by atoms with E-state index in [0.717, 1.165) is 11.4 Å². The molecule has 2 aromatic rings. The highest BCUT2D eigenvalue weighted by Crippen LogP contribution is 2.40. The zero-order valence-corrected chi connectivity index (χ0v) is 8.32. The molecule has 1 aromatic heterocycles. The van der Waals surface area contributed by atoms with Crippen LogP contribution < -0.4 is 10.1 Å². The van der Waals surface area contributed by atoms with Crippen LogP contribution in [0.5, 0.6) is 11.5 Å². The predicted octanol–water partition coefficient (Wildman–Crippen LogP) is 2.98. The quantitative estimate of drug-likeness (QED) is 0.591. The molecule has 0 spiro atoms. The maximum absolute atomic E-state index is 5.69. The fourth-order valence-electron chi connectivity index (χ4n) is 1.42. The topological polar surface area (TPSA) is 47.0 Å². The first-order valence-electron chi connectivity index (χ1n) is 4.39. The lowest BCUT2D eigenvalue weighted by Crippen LogP contribution is -2.05. The van der Waals surface area contributed by atoms with Crippen molar-refractivity contribution < 1.29 is 4.74 Å². The molecule has 3 rings (SSSR count). The van der Waals surface area contributed by atoms with Gasteiger partial charge < -0.3 is 10.1 Å². The number of nitrogens with one attached hydrogen (secondary N) is 1. The second-order valence-corrected chi connectivity index (χ2v) is 3.41. The predicted molar refractivity (Wildman–Crippen MR) is 56.8 cm³/mol. The molecular weight excluding hydrogens is 214 g/mol. The van der Waals surface area contributed by atoms with Gasteiger partial charge in [0, 0.05) is 0 Å². The Labute approximate surface area is 90.9 Å². The molecular formula is C10H6ClN3O. The van der Waals surface area contributed by atoms with Gasteiger partial charge in [0.25, 0.3) is 0 Å². The van der Waals surface area contributed by atoms with Gasteiger partial charge in [-0.2, -0.15) is 4.98 Å². The minimum atomic E-state index is 0.198. The molecule has 1 N–H and O–H groups in total. The number of para-hydroxylation sites is 2. The van der Waals surface area contributed by atoms with Crippen LogP contribution in [0, 0.1) is 0 Å². The van der Waals surface area contributed by atoms with Crippen molar-refractivity contribution in [2.75, 3.05) is 5.32 Å². The first kappa shape index (κ1) is 8.49. The van der Waals surface area contributed by atoms with E-state index in [9.17, 15) is 0 Å². The zero-order valence-electron chi connectivity index (χ0n) is 7.57. The maximum atomic E-state index is 5.69. The van der Waals surface area contributed by atoms with Gasteiger partial charge in [-0.05, 0) is 23.7 Å². The number of hydrogen-bond acceptors (Lipinski definition) is 4. The number of halogens is 1. The van der Waals surface area contributed by atoms with Gasteiger partial charge in [-0.25, -0.2) is 4.98 Å². The SMILES string of the molecule is Clc1ncc2c(n1)Nc1ccccc1O2. The summed E-state index contributed by atoms with van der Waals surface area (Å²) in [5, 5.41) is 3.32. The Morgan fingerprint density at radius 3 is 3.00 bits per heavy atom. The van der Waals surface area contributed by atoms with E-state index in [0.29, 0.717) is 11.6 Å². The Bertz CT molecular complexity index is 530. The van der Waals surface area contributed by atoms with Crippen molar-refractivity contribution in [1.29, 1.82) is 0 Å². The average Bonchev–Trinajstić information content (AvgIpc) is 2.26. The Balaban J connectivity index is 2.11. The fraction of sp³-hybridized carbons (Fsp3) is 0. The average molecular weight is 220 g/mol. The van der Waals surface area contributed by atoms with Crippen LogP contribution in [0.4, 0.5) is 11.5 Å². The summed E-state index contributed by atoms with van der Waals surface area (Å²) in [5.74, 6) is 1.93. The fourth-order valence-corrected chi connectivity index (χ4v) is 1.55. The molecule has 15 heavy (non-hydrogen) atoms. The van der Waals surface area contributed by atoms with E-state index in [4.69, 9.17) is 16.3 Å². The summed E-state index contributed by atoms with van der Waals surface area (Å²) in [6.45, 7) is 0. The molecule has 0 bridgehead atoms. The van der Waals surface area contributed by atoms with Crippen LogP contribution in [0.15, 0.2) is 30.5 Å². The number of ether oxygens (including phenoxy) is 1. The molecule has 1 aliphatic heterocycles. The lowest BCUT2D eigenvalue weighted by Gasteiger charge is -2.19. The van der Waals surface area contributed by atoms with Crippen molar-refractivity contribution in [2.24, 2.45) is 0 Å². The number of rotatable bonds is 0. The van der Waals surface area contributed by atoms with Gasteiger partial charge in [0.2, 0.25) is 5.28 Å². The Kier molecular flexibility index (Phi) is 1.76. The van der Waals surface area contributed by atoms with Gasteiger partial charge >= 0.3 is 0 Å². The molecule has 0 saturated carbocycles. The molecule has 4 nitrogen and oxygen atoms in total. The molecule has 0 saturated heterocycles. The first-order valence-corrected chi connectivity index (χ1v) is 4.77. The van der Waals surface area contributed by atoms with Gasteiger partial charge in [-0.15, -0.1) is 0 Å². The van der Waals surface area contributed by atoms with Gasteiger partial charge in [0.15, 0.2) is 17.3 Å². The van der Waals surface area contributed by atoms with Crippen LogP contribution in [0.3, 0.4) is 0 Å². The lowest BCUT2D eigenvalue weighted by atomic mass is 10.2. The van der Waals surface area contributed by atoms with Gasteiger partial charge in [0.05, 0.1) is 11.9 Å². The van der Waals surface area contributed by atoms with Crippen LogP contribution >= 0.6 is 11.6 Å². The molecule has 0 radical (unpaired) electrons. The third-order valence-electron chi connectivity index (χ3n) is 2.09. The number of hydrogen-bond donors (Lipinski definition) is 1. The van der Waals surface area contributed by atoms with Gasteiger partial charge in [0.1, 0.15) is 0 Å². The Morgan fingerprint density at radius 2 is 2.07 bits per heavy atom. The second kappa shape index (κ2) is 3.10. The molecule has 2 heterocycles. The number of benzene rings is 1. The third-order valence-corrected chi connectivity index (χ3v) is 2.27. The number of nitrogens with zero attached hydrogens (tertiary/aromatic N) is 2. The standard InChI is InChI=1S/C10H6ClN3O/c11-10-12-5-8-9(14-10)13-6-3-1-2-4-7(6)15-8/h1-5H,(H,12,13,14). The molecule has 1 aromatic carbocycles. The largest absolute Gasteiger partial charge is 0.450 e. The van der Waals surface area contributed by atoms with E-state index in [2.05, 4.69) is 15.3 Å². The van der Waals surface area contributed by atoms with Crippen LogP contribution in [0.1, 0.15) is 0 Å². The van der Waals surface area contributed by atoms with E-state index >= 15 is 0 Å². The van der Waals surface area contributed by atoms with Crippen molar-refractivity contribution in [3.8, 4) is 11.5 Å². The van der Waals surface area contributed by atoms with E-state index < -0.39 is 0 Å². The van der Waals surface area contributed by atoms with Crippen LogP contribution in [0.2, 0.25) is 5.28 Å². The summed E-state index contributed by atoms with van der Waals surface area (Å²) in [4.78, 5) is 7.89. The lowest BCUT2D eigenvalue weighted by molar-refractivity contribution is 0.476. The Hall–Kier alpha value is -1.81. The minimum absolute atomic E-state index is 0.198. The van der Waals surface area contributed by atoms with Crippen LogP contribution in [0.25, 0.3) is 0 Å². The number of anilines is 2. The van der Waals surface area contributed by atoms with Gasteiger partial charge in [-0.1, -0.05) is 12.1 Å². The van der Waals surface area contributed by atoms with Crippen molar-refractivity contribution in [1.82, 2.24) is 9.97 Å². The van der Waals surface area contributed by atoms with Crippen molar-refractivity contribution in [3.05, 3.63) is 35.7 Å². The van der Waals surface area contributed by atoms with E-state index in [1.807, 2.05) is 24.3 Å². The first-order chi connectivity index (χ1) is 7.33. The molecule has 0 atom stereocenters. The maximum Gasteiger partial charge on any atom is 0.224 e. The molecule has 0 amide bonds. The van der Waals surface area contributed by atoms with Crippen LogP contribution in [-0.2, 0) is 0 Å². The van der Waals surface area contributed by atoms with E-state index in [-0.39, 0.29) is 5.28 Å². The summed E-state index contributed by atoms with van der Waals surface area (Å²) in [5.41, 5.74) is 0.875. The highest BCUT2D eigenvalue weighted by Gasteiger charge is 2.17. The zero-order chi connectivity index (χ0) is 10.3. The van der Waals surface area contributed by atoms with E-state index in [1.54, 1.807) is 6.20 Å². The highest BCUT2D eigenvalue weighted by atomic mass is 35.5. The molecule has 5 heteroatoms. The Morgan fingerprint density at radius 1 is 1.20 bits per heavy atom. The summed E-state index contributed by atoms with van der Waals surface area (Å²) in [6, 6.07) is 7.61. The third kappa shape index (κ3) is 1.39. The van der Waals surface area contributed by atoms with Crippen molar-refractivity contribution >= 4 is 23.1 Å². The van der Waals surface area contributed by atoms with Crippen molar-refractivity contribution in [2.45, 2.75) is 0 Å². The number of fused-ring (bicyclic) bond motifs is 2. The molecule has 0 unspecified atom stereocenters. The summed E-state index contributed by atoms with van der Waals surface area (Å²) in [6.07, 6.45) is 1.55. The molecule has 0 aliphatic carbocycles. The molecule has 0 fully saturated rings. The molecule has 1 aliphatic rings. The summed E-state index contributed by atoms with van der Waals surface area (Å²) in [7, 11) is 0. The normalized spacial score (nSPS) is 12.1. The minimum Gasteiger partial charge on any atom is -0.450 e. The summed E-state index contributed by atoms with van der Waals surface area (Å²) < 4.78 is 5.59. The second-order valence-electron chi connectivity index (χ2n) is 3.08. The molecule has 74 valence electrons. The van der Waals surface area contributed by atoms with Gasteiger partial charge in [-0.3, -0.25) is 0 Å². The van der Waals surface area contributed by atoms with Crippen molar-refractivity contribution in [3.63, 3.8) is 0 Å². The monoisotopic (exact) mass is 219 g/mol. The number of aromatic nitrogens is 2.